The molecule has 2 atom stereocenters. The van der Waals surface area contributed by atoms with Crippen molar-refractivity contribution >= 4 is 23.1 Å². The summed E-state index contributed by atoms with van der Waals surface area (Å²) in [7, 11) is 0. The van der Waals surface area contributed by atoms with Crippen molar-refractivity contribution < 1.29 is 17.9 Å². The Morgan fingerprint density at radius 1 is 1.53 bits per heavy atom. The Kier molecular flexibility index (Phi) is 3.96. The molecular formula is C9H11F3N2OS2. The molecule has 3 nitrogen and oxygen atoms in total. The molecule has 0 amide bonds. The van der Waals surface area contributed by atoms with Crippen LogP contribution in [0.1, 0.15) is 15.9 Å². The summed E-state index contributed by atoms with van der Waals surface area (Å²) >= 11 is 2.29. The first-order chi connectivity index (χ1) is 7.98. The number of ether oxygens (including phenoxy) is 1. The molecule has 2 heterocycles. The van der Waals surface area contributed by atoms with Gasteiger partial charge in [-0.1, -0.05) is 0 Å². The van der Waals surface area contributed by atoms with Crippen LogP contribution in [0.5, 0.6) is 0 Å². The minimum absolute atomic E-state index is 0.227. The van der Waals surface area contributed by atoms with Crippen molar-refractivity contribution in [3.63, 3.8) is 0 Å². The Labute approximate surface area is 105 Å². The lowest BCUT2D eigenvalue weighted by molar-refractivity contribution is -0.137. The van der Waals surface area contributed by atoms with Crippen LogP contribution in [0.15, 0.2) is 6.20 Å². The lowest BCUT2D eigenvalue weighted by Crippen LogP contribution is -2.34. The fourth-order valence-corrected chi connectivity index (χ4v) is 3.22. The van der Waals surface area contributed by atoms with Crippen LogP contribution in [0, 0.1) is 0 Å². The fraction of sp³-hybridized carbons (Fsp3) is 0.667. The molecule has 0 bridgehead atoms. The Morgan fingerprint density at radius 2 is 2.29 bits per heavy atom. The zero-order chi connectivity index (χ0) is 12.5. The lowest BCUT2D eigenvalue weighted by atomic mass is 10.2. The van der Waals surface area contributed by atoms with E-state index in [1.165, 1.54) is 6.20 Å². The number of thioether (sulfide) groups is 1. The molecule has 0 aliphatic carbocycles. The normalized spacial score (nSPS) is 23.6. The van der Waals surface area contributed by atoms with Gasteiger partial charge in [0.05, 0.1) is 18.8 Å². The number of nitrogens with zero attached hydrogens (tertiary/aromatic N) is 1. The van der Waals surface area contributed by atoms with Gasteiger partial charge < -0.3 is 10.5 Å². The number of hydrogen-bond donors (Lipinski definition) is 1. The average Bonchev–Trinajstić information content (AvgIpc) is 2.78. The molecule has 1 aliphatic rings. The molecule has 0 aromatic carbocycles. The monoisotopic (exact) mass is 284 g/mol. The van der Waals surface area contributed by atoms with Gasteiger partial charge in [0.25, 0.3) is 0 Å². The van der Waals surface area contributed by atoms with Gasteiger partial charge in [-0.05, 0) is 0 Å². The highest BCUT2D eigenvalue weighted by atomic mass is 32.2. The van der Waals surface area contributed by atoms with Crippen molar-refractivity contribution in [2.75, 3.05) is 18.1 Å². The van der Waals surface area contributed by atoms with Crippen molar-refractivity contribution in [3.05, 3.63) is 16.1 Å². The van der Waals surface area contributed by atoms with E-state index in [0.717, 1.165) is 5.75 Å². The molecule has 2 unspecified atom stereocenters. The second-order valence-electron chi connectivity index (χ2n) is 3.58. The Balaban J connectivity index is 2.08. The maximum atomic E-state index is 12.4. The number of rotatable bonds is 2. The minimum Gasteiger partial charge on any atom is -0.374 e. The van der Waals surface area contributed by atoms with Crippen LogP contribution < -0.4 is 5.73 Å². The molecular weight excluding hydrogens is 273 g/mol. The summed E-state index contributed by atoms with van der Waals surface area (Å²) < 4.78 is 42.6. The molecule has 1 aromatic heterocycles. The summed E-state index contributed by atoms with van der Waals surface area (Å²) in [6.07, 6.45) is -3.43. The maximum Gasteiger partial charge on any atom is 0.443 e. The molecule has 1 saturated heterocycles. The number of hydrogen-bond acceptors (Lipinski definition) is 5. The van der Waals surface area contributed by atoms with Crippen LogP contribution in [-0.2, 0) is 10.9 Å². The van der Waals surface area contributed by atoms with Crippen LogP contribution in [0.4, 0.5) is 13.2 Å². The second-order valence-corrected chi connectivity index (χ2v) is 5.79. The molecule has 0 saturated carbocycles. The van der Waals surface area contributed by atoms with Crippen LogP contribution in [0.3, 0.4) is 0 Å². The van der Waals surface area contributed by atoms with Gasteiger partial charge in [0.1, 0.15) is 0 Å². The quantitative estimate of drug-likeness (QED) is 0.905. The van der Waals surface area contributed by atoms with Gasteiger partial charge in [-0.25, -0.2) is 4.98 Å². The molecule has 1 aliphatic heterocycles. The summed E-state index contributed by atoms with van der Waals surface area (Å²) in [5.41, 5.74) is 5.89. The average molecular weight is 284 g/mol. The van der Waals surface area contributed by atoms with Gasteiger partial charge in [-0.15, -0.1) is 11.3 Å². The third-order valence-electron chi connectivity index (χ3n) is 2.34. The summed E-state index contributed by atoms with van der Waals surface area (Å²) in [5.74, 6) is 1.61. The summed E-state index contributed by atoms with van der Waals surface area (Å²) in [6.45, 7) is 0.591. The molecule has 17 heavy (non-hydrogen) atoms. The van der Waals surface area contributed by atoms with E-state index in [2.05, 4.69) is 4.98 Å². The van der Waals surface area contributed by atoms with Gasteiger partial charge in [0, 0.05) is 22.6 Å². The fourth-order valence-electron chi connectivity index (χ4n) is 1.47. The van der Waals surface area contributed by atoms with Gasteiger partial charge in [0.2, 0.25) is 0 Å². The van der Waals surface area contributed by atoms with E-state index >= 15 is 0 Å². The number of thiazole rings is 1. The van der Waals surface area contributed by atoms with Crippen LogP contribution >= 0.6 is 23.1 Å². The van der Waals surface area contributed by atoms with E-state index in [0.29, 0.717) is 28.6 Å². The van der Waals surface area contributed by atoms with E-state index < -0.39 is 17.2 Å². The van der Waals surface area contributed by atoms with Crippen LogP contribution in [0.25, 0.3) is 0 Å². The predicted octanol–water partition coefficient (Wildman–Crippen LogP) is 2.29. The minimum atomic E-state index is -4.40. The zero-order valence-electron chi connectivity index (χ0n) is 8.74. The van der Waals surface area contributed by atoms with Crippen molar-refractivity contribution in [1.82, 2.24) is 4.98 Å². The van der Waals surface area contributed by atoms with Crippen molar-refractivity contribution in [2.45, 2.75) is 18.3 Å². The van der Waals surface area contributed by atoms with Gasteiger partial charge in [-0.2, -0.15) is 24.9 Å². The number of nitrogens with two attached hydrogens (primary N) is 1. The third kappa shape index (κ3) is 3.12. The van der Waals surface area contributed by atoms with Crippen LogP contribution in [-0.4, -0.2) is 29.2 Å². The molecule has 1 aromatic rings. The molecule has 0 spiro atoms. The number of alkyl halides is 3. The van der Waals surface area contributed by atoms with E-state index in [-0.39, 0.29) is 6.10 Å². The standard InChI is InChI=1S/C9H11F3N2OS2/c10-9(11,12)8-14-3-6(17-8)7(13)5-4-16-2-1-15-5/h3,5,7H,1-2,4,13H2. The SMILES string of the molecule is NC(c1cnc(C(F)(F)F)s1)C1CSCCO1. The van der Waals surface area contributed by atoms with Crippen LogP contribution in [0.2, 0.25) is 0 Å². The molecule has 2 rings (SSSR count). The molecule has 96 valence electrons. The largest absolute Gasteiger partial charge is 0.443 e. The van der Waals surface area contributed by atoms with Crippen molar-refractivity contribution in [1.29, 1.82) is 0 Å². The van der Waals surface area contributed by atoms with Crippen molar-refractivity contribution in [3.8, 4) is 0 Å². The predicted molar refractivity (Wildman–Crippen MR) is 61.1 cm³/mol. The Hall–Kier alpha value is -0.310. The highest BCUT2D eigenvalue weighted by Gasteiger charge is 2.36. The van der Waals surface area contributed by atoms with Crippen molar-refractivity contribution in [2.24, 2.45) is 5.73 Å². The summed E-state index contributed by atoms with van der Waals surface area (Å²) in [5, 5.41) is -0.855. The number of aromatic nitrogens is 1. The topological polar surface area (TPSA) is 48.1 Å². The lowest BCUT2D eigenvalue weighted by Gasteiger charge is -2.26. The van der Waals surface area contributed by atoms with Gasteiger partial charge in [0.15, 0.2) is 5.01 Å². The molecule has 0 radical (unpaired) electrons. The highest BCUT2D eigenvalue weighted by molar-refractivity contribution is 7.99. The number of halogens is 3. The maximum absolute atomic E-state index is 12.4. The van der Waals surface area contributed by atoms with E-state index in [4.69, 9.17) is 10.5 Å². The van der Waals surface area contributed by atoms with E-state index in [1.807, 2.05) is 0 Å². The first-order valence-corrected chi connectivity index (χ1v) is 6.93. The highest BCUT2D eigenvalue weighted by Crippen LogP contribution is 2.35. The van der Waals surface area contributed by atoms with E-state index in [9.17, 15) is 13.2 Å². The third-order valence-corrected chi connectivity index (χ3v) is 4.50. The first-order valence-electron chi connectivity index (χ1n) is 4.96. The zero-order valence-corrected chi connectivity index (χ0v) is 10.4. The second kappa shape index (κ2) is 5.13. The summed E-state index contributed by atoms with van der Waals surface area (Å²) in [4.78, 5) is 3.78. The summed E-state index contributed by atoms with van der Waals surface area (Å²) in [6, 6.07) is -0.531. The Bertz CT molecular complexity index is 377. The molecule has 8 heteroatoms. The molecule has 2 N–H and O–H groups in total. The van der Waals surface area contributed by atoms with Gasteiger partial charge >= 0.3 is 6.18 Å². The van der Waals surface area contributed by atoms with E-state index in [1.54, 1.807) is 11.8 Å². The van der Waals surface area contributed by atoms with Gasteiger partial charge in [-0.3, -0.25) is 0 Å². The first kappa shape index (κ1) is 13.1. The smallest absolute Gasteiger partial charge is 0.374 e. The Morgan fingerprint density at radius 3 is 2.82 bits per heavy atom. The molecule has 1 fully saturated rings.